The summed E-state index contributed by atoms with van der Waals surface area (Å²) in [5.41, 5.74) is 2.76. The molecule has 1 saturated carbocycles. The number of aryl methyl sites for hydroxylation is 1. The van der Waals surface area contributed by atoms with Crippen molar-refractivity contribution in [2.45, 2.75) is 24.8 Å². The van der Waals surface area contributed by atoms with Crippen molar-refractivity contribution in [1.29, 1.82) is 0 Å². The van der Waals surface area contributed by atoms with E-state index in [1.807, 2.05) is 37.4 Å². The predicted octanol–water partition coefficient (Wildman–Crippen LogP) is 3.11. The van der Waals surface area contributed by atoms with Gasteiger partial charge in [0.15, 0.2) is 5.96 Å². The summed E-state index contributed by atoms with van der Waals surface area (Å²) in [5, 5.41) is 6.67. The van der Waals surface area contributed by atoms with E-state index in [1.165, 1.54) is 6.07 Å². The number of para-hydroxylation sites is 2. The lowest BCUT2D eigenvalue weighted by Gasteiger charge is -2.19. The zero-order valence-corrected chi connectivity index (χ0v) is 15.7. The van der Waals surface area contributed by atoms with Crippen LogP contribution in [0.15, 0.2) is 53.5 Å². The van der Waals surface area contributed by atoms with Gasteiger partial charge in [0.05, 0.1) is 17.6 Å². The molecule has 0 radical (unpaired) electrons. The number of guanidine groups is 1. The summed E-state index contributed by atoms with van der Waals surface area (Å²) in [7, 11) is 3.76. The number of rotatable bonds is 5. The van der Waals surface area contributed by atoms with E-state index in [-0.39, 0.29) is 11.2 Å². The van der Waals surface area contributed by atoms with Gasteiger partial charge in [-0.15, -0.1) is 0 Å². The Kier molecular flexibility index (Phi) is 4.56. The standard InChI is InChI=1S/C21H24FN5/c1-23-20(24-13-19-26-17-9-5-6-10-18(17)27(19)2)25-14-21(11-12-21)15-7-3-4-8-16(15)22/h3-10H,11-14H2,1-2H3,(H2,23,24,25). The highest BCUT2D eigenvalue weighted by Gasteiger charge is 2.45. The lowest BCUT2D eigenvalue weighted by atomic mass is 9.95. The van der Waals surface area contributed by atoms with Gasteiger partial charge < -0.3 is 15.2 Å². The summed E-state index contributed by atoms with van der Waals surface area (Å²) in [6.45, 7) is 1.23. The zero-order valence-electron chi connectivity index (χ0n) is 15.7. The Balaban J connectivity index is 1.40. The number of hydrogen-bond acceptors (Lipinski definition) is 2. The highest BCUT2D eigenvalue weighted by Crippen LogP contribution is 2.48. The van der Waals surface area contributed by atoms with Gasteiger partial charge in [-0.25, -0.2) is 9.37 Å². The molecule has 4 rings (SSSR count). The third kappa shape index (κ3) is 3.39. The molecule has 1 aliphatic rings. The highest BCUT2D eigenvalue weighted by atomic mass is 19.1. The fourth-order valence-corrected chi connectivity index (χ4v) is 3.57. The van der Waals surface area contributed by atoms with Crippen LogP contribution in [-0.2, 0) is 19.0 Å². The largest absolute Gasteiger partial charge is 0.356 e. The van der Waals surface area contributed by atoms with E-state index in [0.717, 1.165) is 35.3 Å². The Hall–Kier alpha value is -2.89. The number of fused-ring (bicyclic) bond motifs is 1. The molecule has 0 bridgehead atoms. The van der Waals surface area contributed by atoms with Gasteiger partial charge in [-0.2, -0.15) is 0 Å². The molecule has 6 heteroatoms. The van der Waals surface area contributed by atoms with Gasteiger partial charge in [-0.1, -0.05) is 30.3 Å². The molecule has 1 heterocycles. The van der Waals surface area contributed by atoms with E-state index >= 15 is 0 Å². The van der Waals surface area contributed by atoms with Gasteiger partial charge in [-0.05, 0) is 36.6 Å². The molecule has 0 spiro atoms. The number of hydrogen-bond donors (Lipinski definition) is 2. The van der Waals surface area contributed by atoms with E-state index in [4.69, 9.17) is 0 Å². The normalized spacial score (nSPS) is 15.7. The summed E-state index contributed by atoms with van der Waals surface area (Å²) < 4.78 is 16.2. The Morgan fingerprint density at radius 1 is 1.15 bits per heavy atom. The van der Waals surface area contributed by atoms with Crippen LogP contribution in [-0.4, -0.2) is 29.1 Å². The van der Waals surface area contributed by atoms with Gasteiger partial charge in [0.2, 0.25) is 0 Å². The molecule has 1 aliphatic carbocycles. The van der Waals surface area contributed by atoms with E-state index in [2.05, 4.69) is 31.2 Å². The maximum Gasteiger partial charge on any atom is 0.191 e. The number of halogens is 1. The Morgan fingerprint density at radius 2 is 1.89 bits per heavy atom. The highest BCUT2D eigenvalue weighted by molar-refractivity contribution is 5.80. The topological polar surface area (TPSA) is 54.2 Å². The first-order valence-corrected chi connectivity index (χ1v) is 9.23. The first-order valence-electron chi connectivity index (χ1n) is 9.23. The van der Waals surface area contributed by atoms with Gasteiger partial charge >= 0.3 is 0 Å². The molecule has 2 aromatic carbocycles. The van der Waals surface area contributed by atoms with Crippen molar-refractivity contribution in [1.82, 2.24) is 20.2 Å². The number of aliphatic imine (C=N–C) groups is 1. The summed E-state index contributed by atoms with van der Waals surface area (Å²) in [6.07, 6.45) is 1.98. The Labute approximate surface area is 158 Å². The van der Waals surface area contributed by atoms with Crippen molar-refractivity contribution in [2.75, 3.05) is 13.6 Å². The van der Waals surface area contributed by atoms with Crippen molar-refractivity contribution in [3.63, 3.8) is 0 Å². The third-order valence-corrected chi connectivity index (χ3v) is 5.41. The van der Waals surface area contributed by atoms with E-state index in [1.54, 1.807) is 13.1 Å². The second-order valence-corrected chi connectivity index (χ2v) is 7.12. The monoisotopic (exact) mass is 365 g/mol. The number of nitrogens with zero attached hydrogens (tertiary/aromatic N) is 3. The van der Waals surface area contributed by atoms with Gasteiger partial charge in [0, 0.05) is 26.1 Å². The molecular formula is C21H24FN5. The summed E-state index contributed by atoms with van der Waals surface area (Å²) in [6, 6.07) is 15.1. The molecule has 5 nitrogen and oxygen atoms in total. The molecular weight excluding hydrogens is 341 g/mol. The maximum atomic E-state index is 14.2. The third-order valence-electron chi connectivity index (χ3n) is 5.41. The van der Waals surface area contributed by atoms with Crippen LogP contribution < -0.4 is 10.6 Å². The fraction of sp³-hybridized carbons (Fsp3) is 0.333. The SMILES string of the molecule is CN=C(NCc1nc2ccccc2n1C)NCC1(c2ccccc2F)CC1. The van der Waals surface area contributed by atoms with Crippen LogP contribution in [0.25, 0.3) is 11.0 Å². The number of aromatic nitrogens is 2. The lowest BCUT2D eigenvalue weighted by Crippen LogP contribution is -2.41. The quantitative estimate of drug-likeness (QED) is 0.540. The van der Waals surface area contributed by atoms with E-state index < -0.39 is 0 Å². The molecule has 0 amide bonds. The predicted molar refractivity (Wildman–Crippen MR) is 106 cm³/mol. The van der Waals surface area contributed by atoms with Crippen molar-refractivity contribution in [2.24, 2.45) is 12.0 Å². The van der Waals surface area contributed by atoms with Gasteiger partial charge in [0.25, 0.3) is 0 Å². The Bertz CT molecular complexity index is 987. The van der Waals surface area contributed by atoms with Crippen molar-refractivity contribution in [3.8, 4) is 0 Å². The van der Waals surface area contributed by atoms with Crippen LogP contribution in [0.3, 0.4) is 0 Å². The zero-order chi connectivity index (χ0) is 18.9. The van der Waals surface area contributed by atoms with Crippen LogP contribution in [0.1, 0.15) is 24.2 Å². The second kappa shape index (κ2) is 7.02. The first kappa shape index (κ1) is 17.5. The Morgan fingerprint density at radius 3 is 2.59 bits per heavy atom. The van der Waals surface area contributed by atoms with Crippen LogP contribution >= 0.6 is 0 Å². The molecule has 2 N–H and O–H groups in total. The molecule has 0 saturated heterocycles. The van der Waals surface area contributed by atoms with Crippen LogP contribution in [0.5, 0.6) is 0 Å². The minimum atomic E-state index is -0.126. The number of benzene rings is 2. The van der Waals surface area contributed by atoms with Crippen molar-refractivity contribution >= 4 is 17.0 Å². The van der Waals surface area contributed by atoms with Crippen LogP contribution in [0.4, 0.5) is 4.39 Å². The average Bonchev–Trinajstić information content (AvgIpc) is 3.41. The smallest absolute Gasteiger partial charge is 0.191 e. The average molecular weight is 365 g/mol. The van der Waals surface area contributed by atoms with E-state index in [0.29, 0.717) is 19.0 Å². The molecule has 1 fully saturated rings. The summed E-state index contributed by atoms with van der Waals surface area (Å²) >= 11 is 0. The molecule has 27 heavy (non-hydrogen) atoms. The molecule has 1 aromatic heterocycles. The summed E-state index contributed by atoms with van der Waals surface area (Å²) in [5.74, 6) is 1.51. The van der Waals surface area contributed by atoms with Crippen LogP contribution in [0.2, 0.25) is 0 Å². The number of nitrogens with one attached hydrogen (secondary N) is 2. The first-order chi connectivity index (χ1) is 13.1. The molecule has 3 aromatic rings. The molecule has 0 atom stereocenters. The minimum absolute atomic E-state index is 0.124. The molecule has 140 valence electrons. The minimum Gasteiger partial charge on any atom is -0.356 e. The fourth-order valence-electron chi connectivity index (χ4n) is 3.57. The van der Waals surface area contributed by atoms with Crippen molar-refractivity contribution < 1.29 is 4.39 Å². The molecule has 0 aliphatic heterocycles. The summed E-state index contributed by atoms with van der Waals surface area (Å²) in [4.78, 5) is 8.96. The van der Waals surface area contributed by atoms with Crippen molar-refractivity contribution in [3.05, 3.63) is 65.7 Å². The molecule has 0 unspecified atom stereocenters. The van der Waals surface area contributed by atoms with E-state index in [9.17, 15) is 4.39 Å². The van der Waals surface area contributed by atoms with Gasteiger partial charge in [-0.3, -0.25) is 4.99 Å². The number of imidazole rings is 1. The van der Waals surface area contributed by atoms with Crippen LogP contribution in [0, 0.1) is 5.82 Å². The second-order valence-electron chi connectivity index (χ2n) is 7.12. The van der Waals surface area contributed by atoms with Gasteiger partial charge in [0.1, 0.15) is 11.6 Å². The maximum absolute atomic E-state index is 14.2. The lowest BCUT2D eigenvalue weighted by molar-refractivity contribution is 0.559.